The topological polar surface area (TPSA) is 93.5 Å². The maximum Gasteiger partial charge on any atom is 0.318 e. The van der Waals surface area contributed by atoms with Gasteiger partial charge in [-0.2, -0.15) is 0 Å². The summed E-state index contributed by atoms with van der Waals surface area (Å²) in [5.74, 6) is -0.0151. The van der Waals surface area contributed by atoms with Crippen molar-refractivity contribution in [3.63, 3.8) is 0 Å². The molecule has 5 nitrogen and oxygen atoms in total. The SMILES string of the molecule is Cl.NC(=O)NC(N)=Nc1ccccc1. The molecule has 1 aromatic rings. The van der Waals surface area contributed by atoms with Gasteiger partial charge in [-0.3, -0.25) is 5.32 Å². The van der Waals surface area contributed by atoms with Crippen LogP contribution in [0.25, 0.3) is 0 Å². The molecular formula is C8H11ClN4O. The highest BCUT2D eigenvalue weighted by Crippen LogP contribution is 2.08. The quantitative estimate of drug-likeness (QED) is 0.475. The Bertz CT molecular complexity index is 325. The Balaban J connectivity index is 0.00000169. The fraction of sp³-hybridized carbons (Fsp3) is 0. The van der Waals surface area contributed by atoms with E-state index in [2.05, 4.69) is 10.3 Å². The standard InChI is InChI=1S/C8H10N4O.ClH/c9-7(12-8(10)13)11-6-4-2-1-3-5-6;/h1-5H,(H5,9,10,11,12,13);1H. The van der Waals surface area contributed by atoms with Gasteiger partial charge in [-0.05, 0) is 12.1 Å². The lowest BCUT2D eigenvalue weighted by atomic mass is 10.3. The summed E-state index contributed by atoms with van der Waals surface area (Å²) in [7, 11) is 0. The molecule has 1 aromatic carbocycles. The van der Waals surface area contributed by atoms with Crippen molar-refractivity contribution in [1.29, 1.82) is 0 Å². The average Bonchev–Trinajstić information content (AvgIpc) is 2.04. The van der Waals surface area contributed by atoms with E-state index in [0.717, 1.165) is 0 Å². The molecule has 1 rings (SSSR count). The van der Waals surface area contributed by atoms with Gasteiger partial charge in [-0.15, -0.1) is 12.4 Å². The number of hydrogen-bond donors (Lipinski definition) is 3. The van der Waals surface area contributed by atoms with Crippen LogP contribution in [-0.2, 0) is 0 Å². The first-order valence-electron chi connectivity index (χ1n) is 3.64. The van der Waals surface area contributed by atoms with E-state index >= 15 is 0 Å². The number of carbonyl (C=O) groups is 1. The van der Waals surface area contributed by atoms with Crippen molar-refractivity contribution in [1.82, 2.24) is 5.32 Å². The molecule has 76 valence electrons. The first-order valence-corrected chi connectivity index (χ1v) is 3.64. The van der Waals surface area contributed by atoms with E-state index in [1.54, 1.807) is 12.1 Å². The number of aliphatic imine (C=N–C) groups is 1. The van der Waals surface area contributed by atoms with Crippen LogP contribution in [0.1, 0.15) is 0 Å². The maximum atomic E-state index is 10.4. The molecule has 0 radical (unpaired) electrons. The normalized spacial score (nSPS) is 10.1. The number of primary amides is 1. The predicted octanol–water partition coefficient (Wildman–Crippen LogP) is 0.723. The van der Waals surface area contributed by atoms with Gasteiger partial charge < -0.3 is 11.5 Å². The maximum absolute atomic E-state index is 10.4. The van der Waals surface area contributed by atoms with Gasteiger partial charge in [0.1, 0.15) is 0 Å². The zero-order chi connectivity index (χ0) is 9.68. The highest BCUT2D eigenvalue weighted by molar-refractivity contribution is 5.95. The molecule has 5 N–H and O–H groups in total. The first-order chi connectivity index (χ1) is 6.18. The molecule has 2 amide bonds. The summed E-state index contributed by atoms with van der Waals surface area (Å²) < 4.78 is 0. The molecule has 0 aromatic heterocycles. The molecule has 0 aliphatic carbocycles. The van der Waals surface area contributed by atoms with E-state index in [1.807, 2.05) is 18.2 Å². The molecule has 0 spiro atoms. The molecule has 0 atom stereocenters. The number of nitrogens with one attached hydrogen (secondary N) is 1. The van der Waals surface area contributed by atoms with E-state index < -0.39 is 6.03 Å². The lowest BCUT2D eigenvalue weighted by molar-refractivity contribution is 0.253. The Labute approximate surface area is 87.6 Å². The molecule has 0 aliphatic rings. The van der Waals surface area contributed by atoms with Crippen LogP contribution in [0, 0.1) is 0 Å². The van der Waals surface area contributed by atoms with E-state index in [1.165, 1.54) is 0 Å². The van der Waals surface area contributed by atoms with Crippen LogP contribution in [0.3, 0.4) is 0 Å². The van der Waals surface area contributed by atoms with Crippen molar-refractivity contribution < 1.29 is 4.79 Å². The molecular weight excluding hydrogens is 204 g/mol. The number of carbonyl (C=O) groups excluding carboxylic acids is 1. The summed E-state index contributed by atoms with van der Waals surface area (Å²) in [6.45, 7) is 0. The fourth-order valence-electron chi connectivity index (χ4n) is 0.796. The number of rotatable bonds is 1. The zero-order valence-electron chi connectivity index (χ0n) is 7.31. The summed E-state index contributed by atoms with van der Waals surface area (Å²) in [5, 5.41) is 2.16. The van der Waals surface area contributed by atoms with Crippen LogP contribution in [0.2, 0.25) is 0 Å². The van der Waals surface area contributed by atoms with E-state index in [9.17, 15) is 4.79 Å². The number of benzene rings is 1. The minimum Gasteiger partial charge on any atom is -0.369 e. The number of hydrogen-bond acceptors (Lipinski definition) is 2. The van der Waals surface area contributed by atoms with Crippen LogP contribution in [-0.4, -0.2) is 12.0 Å². The molecule has 14 heavy (non-hydrogen) atoms. The Morgan fingerprint density at radius 2 is 1.79 bits per heavy atom. The fourth-order valence-corrected chi connectivity index (χ4v) is 0.796. The van der Waals surface area contributed by atoms with Gasteiger partial charge in [0, 0.05) is 0 Å². The van der Waals surface area contributed by atoms with Gasteiger partial charge in [-0.25, -0.2) is 9.79 Å². The second-order valence-corrected chi connectivity index (χ2v) is 2.32. The summed E-state index contributed by atoms with van der Waals surface area (Å²) in [4.78, 5) is 14.2. The Hall–Kier alpha value is -1.75. The van der Waals surface area contributed by atoms with Gasteiger partial charge in [0.05, 0.1) is 5.69 Å². The highest BCUT2D eigenvalue weighted by atomic mass is 35.5. The monoisotopic (exact) mass is 214 g/mol. The van der Waals surface area contributed by atoms with Crippen molar-refractivity contribution in [2.24, 2.45) is 16.5 Å². The third kappa shape index (κ3) is 4.32. The minimum absolute atomic E-state index is 0. The third-order valence-electron chi connectivity index (χ3n) is 1.26. The van der Waals surface area contributed by atoms with Crippen molar-refractivity contribution in [2.45, 2.75) is 0 Å². The molecule has 0 saturated heterocycles. The number of halogens is 1. The lowest BCUT2D eigenvalue weighted by Gasteiger charge is -1.99. The van der Waals surface area contributed by atoms with E-state index in [-0.39, 0.29) is 18.4 Å². The van der Waals surface area contributed by atoms with Crippen LogP contribution in [0.15, 0.2) is 35.3 Å². The molecule has 0 unspecified atom stereocenters. The smallest absolute Gasteiger partial charge is 0.318 e. The number of para-hydroxylation sites is 1. The number of urea groups is 1. The molecule has 0 heterocycles. The highest BCUT2D eigenvalue weighted by Gasteiger charge is 1.95. The summed E-state index contributed by atoms with van der Waals surface area (Å²) in [6, 6.07) is 8.28. The Morgan fingerprint density at radius 1 is 1.21 bits per heavy atom. The Morgan fingerprint density at radius 3 is 2.29 bits per heavy atom. The van der Waals surface area contributed by atoms with Crippen LogP contribution in [0.4, 0.5) is 10.5 Å². The second kappa shape index (κ2) is 5.82. The number of amides is 2. The second-order valence-electron chi connectivity index (χ2n) is 2.32. The summed E-state index contributed by atoms with van der Waals surface area (Å²) >= 11 is 0. The van der Waals surface area contributed by atoms with Gasteiger partial charge in [0.25, 0.3) is 0 Å². The predicted molar refractivity (Wildman–Crippen MR) is 57.7 cm³/mol. The van der Waals surface area contributed by atoms with Gasteiger partial charge >= 0.3 is 6.03 Å². The number of guanidine groups is 1. The van der Waals surface area contributed by atoms with Crippen molar-refractivity contribution in [2.75, 3.05) is 0 Å². The number of nitrogens with two attached hydrogens (primary N) is 2. The van der Waals surface area contributed by atoms with Gasteiger partial charge in [0.2, 0.25) is 5.96 Å². The van der Waals surface area contributed by atoms with Crippen molar-refractivity contribution in [3.05, 3.63) is 30.3 Å². The van der Waals surface area contributed by atoms with E-state index in [4.69, 9.17) is 11.5 Å². The molecule has 0 saturated carbocycles. The van der Waals surface area contributed by atoms with Gasteiger partial charge in [0.15, 0.2) is 0 Å². The Kier molecular flexibility index (Phi) is 5.09. The number of nitrogens with zero attached hydrogens (tertiary/aromatic N) is 1. The van der Waals surface area contributed by atoms with Crippen molar-refractivity contribution in [3.8, 4) is 0 Å². The zero-order valence-corrected chi connectivity index (χ0v) is 8.12. The first kappa shape index (κ1) is 12.2. The van der Waals surface area contributed by atoms with Crippen LogP contribution < -0.4 is 16.8 Å². The molecule has 0 aliphatic heterocycles. The summed E-state index contributed by atoms with van der Waals surface area (Å²) in [6.07, 6.45) is 0. The molecule has 6 heteroatoms. The summed E-state index contributed by atoms with van der Waals surface area (Å²) in [5.41, 5.74) is 10.8. The average molecular weight is 215 g/mol. The van der Waals surface area contributed by atoms with E-state index in [0.29, 0.717) is 5.69 Å². The van der Waals surface area contributed by atoms with Crippen LogP contribution in [0.5, 0.6) is 0 Å². The lowest BCUT2D eigenvalue weighted by Crippen LogP contribution is -2.39. The van der Waals surface area contributed by atoms with Crippen LogP contribution >= 0.6 is 12.4 Å². The van der Waals surface area contributed by atoms with Gasteiger partial charge in [-0.1, -0.05) is 18.2 Å². The van der Waals surface area contributed by atoms with Crippen molar-refractivity contribution >= 4 is 30.1 Å². The molecule has 0 bridgehead atoms. The largest absolute Gasteiger partial charge is 0.369 e. The third-order valence-corrected chi connectivity index (χ3v) is 1.26. The minimum atomic E-state index is -0.725. The molecule has 0 fully saturated rings.